The lowest BCUT2D eigenvalue weighted by molar-refractivity contribution is -0.116. The molecule has 1 amide bonds. The van der Waals surface area contributed by atoms with Crippen molar-refractivity contribution >= 4 is 22.5 Å². The molecule has 5 nitrogen and oxygen atoms in total. The van der Waals surface area contributed by atoms with Crippen molar-refractivity contribution in [3.8, 4) is 5.69 Å². The molecule has 150 valence electrons. The lowest BCUT2D eigenvalue weighted by Crippen LogP contribution is -2.17. The fraction of sp³-hybridized carbons (Fsp3) is 0.304. The number of carbonyl (C=O) groups excluding carboxylic acids is 1. The summed E-state index contributed by atoms with van der Waals surface area (Å²) in [6.07, 6.45) is 2.08. The van der Waals surface area contributed by atoms with Crippen LogP contribution in [0, 0.1) is 13.8 Å². The second-order valence-corrected chi connectivity index (χ2v) is 8.98. The standard InChI is InChI=1S/C23H25N3O2S/c1-16-8-6-12-21(17(16)2)26-23(19-14-29(28)15-20(19)25-26)24-22(27)13-7-11-18-9-4-3-5-10-18/h3-6,8-10,12H,7,11,13-15H2,1-2H3,(H,24,27). The van der Waals surface area contributed by atoms with E-state index in [4.69, 9.17) is 5.10 Å². The molecule has 0 saturated carbocycles. The van der Waals surface area contributed by atoms with Crippen LogP contribution in [0.2, 0.25) is 0 Å². The number of nitrogens with one attached hydrogen (secondary N) is 1. The first kappa shape index (κ1) is 19.6. The van der Waals surface area contributed by atoms with Gasteiger partial charge in [-0.25, -0.2) is 4.68 Å². The highest BCUT2D eigenvalue weighted by atomic mass is 32.2. The van der Waals surface area contributed by atoms with Gasteiger partial charge in [-0.15, -0.1) is 0 Å². The Labute approximate surface area is 173 Å². The summed E-state index contributed by atoms with van der Waals surface area (Å²) in [5.74, 6) is 1.53. The predicted octanol–water partition coefficient (Wildman–Crippen LogP) is 4.21. The van der Waals surface area contributed by atoms with Gasteiger partial charge in [0.05, 0.1) is 22.9 Å². The SMILES string of the molecule is Cc1cccc(-n2nc3c(c2NC(=O)CCCc2ccccc2)CS(=O)C3)c1C. The molecule has 2 heterocycles. The van der Waals surface area contributed by atoms with Crippen LogP contribution in [0.25, 0.3) is 5.69 Å². The van der Waals surface area contributed by atoms with Crippen LogP contribution in [0.15, 0.2) is 48.5 Å². The zero-order valence-corrected chi connectivity index (χ0v) is 17.6. The van der Waals surface area contributed by atoms with E-state index in [1.807, 2.05) is 35.0 Å². The van der Waals surface area contributed by atoms with Crippen molar-refractivity contribution in [2.24, 2.45) is 0 Å². The number of aryl methyl sites for hydroxylation is 2. The van der Waals surface area contributed by atoms with Gasteiger partial charge in [-0.2, -0.15) is 5.10 Å². The predicted molar refractivity (Wildman–Crippen MR) is 117 cm³/mol. The molecule has 6 heteroatoms. The molecule has 3 aromatic rings. The first-order valence-corrected chi connectivity index (χ1v) is 11.4. The van der Waals surface area contributed by atoms with Crippen LogP contribution in [0.3, 0.4) is 0 Å². The van der Waals surface area contributed by atoms with Crippen molar-refractivity contribution in [2.45, 2.75) is 44.6 Å². The van der Waals surface area contributed by atoms with E-state index in [1.165, 1.54) is 11.1 Å². The molecular weight excluding hydrogens is 382 g/mol. The number of aromatic nitrogens is 2. The first-order chi connectivity index (χ1) is 14.0. The minimum atomic E-state index is -0.945. The average molecular weight is 408 g/mol. The lowest BCUT2D eigenvalue weighted by Gasteiger charge is -2.14. The van der Waals surface area contributed by atoms with Gasteiger partial charge in [-0.05, 0) is 49.4 Å². The van der Waals surface area contributed by atoms with E-state index in [-0.39, 0.29) is 5.91 Å². The summed E-state index contributed by atoms with van der Waals surface area (Å²) in [7, 11) is -0.945. The number of hydrogen-bond acceptors (Lipinski definition) is 3. The molecule has 1 atom stereocenters. The van der Waals surface area contributed by atoms with Crippen molar-refractivity contribution in [2.75, 3.05) is 5.32 Å². The molecule has 0 spiro atoms. The zero-order valence-electron chi connectivity index (χ0n) is 16.8. The van der Waals surface area contributed by atoms with E-state index < -0.39 is 10.8 Å². The van der Waals surface area contributed by atoms with Crippen molar-refractivity contribution in [1.29, 1.82) is 0 Å². The number of fused-ring (bicyclic) bond motifs is 1. The van der Waals surface area contributed by atoms with Gasteiger partial charge in [0.2, 0.25) is 5.91 Å². The molecule has 0 radical (unpaired) electrons. The van der Waals surface area contributed by atoms with E-state index >= 15 is 0 Å². The van der Waals surface area contributed by atoms with Crippen LogP contribution >= 0.6 is 0 Å². The average Bonchev–Trinajstić information content (AvgIpc) is 3.22. The smallest absolute Gasteiger partial charge is 0.225 e. The third-order valence-corrected chi connectivity index (χ3v) is 6.65. The highest BCUT2D eigenvalue weighted by Crippen LogP contribution is 2.32. The van der Waals surface area contributed by atoms with Gasteiger partial charge >= 0.3 is 0 Å². The topological polar surface area (TPSA) is 64.0 Å². The number of nitrogens with zero attached hydrogens (tertiary/aromatic N) is 2. The Morgan fingerprint density at radius 1 is 1.10 bits per heavy atom. The third kappa shape index (κ3) is 4.17. The zero-order chi connectivity index (χ0) is 20.4. The summed E-state index contributed by atoms with van der Waals surface area (Å²) in [5, 5.41) is 7.77. The van der Waals surface area contributed by atoms with Crippen molar-refractivity contribution < 1.29 is 9.00 Å². The normalized spacial score (nSPS) is 15.3. The molecule has 0 saturated heterocycles. The minimum Gasteiger partial charge on any atom is -0.310 e. The largest absolute Gasteiger partial charge is 0.310 e. The van der Waals surface area contributed by atoms with Gasteiger partial charge in [0.15, 0.2) is 0 Å². The van der Waals surface area contributed by atoms with Crippen molar-refractivity contribution in [1.82, 2.24) is 9.78 Å². The number of carbonyl (C=O) groups is 1. The molecule has 1 N–H and O–H groups in total. The number of rotatable bonds is 6. The summed E-state index contributed by atoms with van der Waals surface area (Å²) < 4.78 is 13.9. The third-order valence-electron chi connectivity index (χ3n) is 5.44. The fourth-order valence-corrected chi connectivity index (χ4v) is 4.95. The van der Waals surface area contributed by atoms with Crippen LogP contribution < -0.4 is 5.32 Å². The fourth-order valence-electron chi connectivity index (χ4n) is 3.69. The number of amides is 1. The maximum Gasteiger partial charge on any atom is 0.225 e. The molecule has 1 aromatic heterocycles. The summed E-state index contributed by atoms with van der Waals surface area (Å²) in [6.45, 7) is 4.12. The molecule has 1 unspecified atom stereocenters. The molecule has 0 bridgehead atoms. The first-order valence-electron chi connectivity index (χ1n) is 9.89. The quantitative estimate of drug-likeness (QED) is 0.666. The molecule has 4 rings (SSSR count). The molecule has 0 fully saturated rings. The Bertz CT molecular complexity index is 1070. The molecule has 29 heavy (non-hydrogen) atoms. The highest BCUT2D eigenvalue weighted by molar-refractivity contribution is 7.83. The Hall–Kier alpha value is -2.73. The van der Waals surface area contributed by atoms with Crippen molar-refractivity contribution in [3.63, 3.8) is 0 Å². The monoisotopic (exact) mass is 407 g/mol. The van der Waals surface area contributed by atoms with Crippen LogP contribution in [0.4, 0.5) is 5.82 Å². The van der Waals surface area contributed by atoms with Crippen LogP contribution in [0.5, 0.6) is 0 Å². The Balaban J connectivity index is 1.55. The van der Waals surface area contributed by atoms with Crippen LogP contribution in [0.1, 0.15) is 40.8 Å². The van der Waals surface area contributed by atoms with E-state index in [2.05, 4.69) is 37.4 Å². The summed E-state index contributed by atoms with van der Waals surface area (Å²) >= 11 is 0. The van der Waals surface area contributed by atoms with Gasteiger partial charge in [-0.3, -0.25) is 9.00 Å². The van der Waals surface area contributed by atoms with E-state index in [1.54, 1.807) is 0 Å². The van der Waals surface area contributed by atoms with Gasteiger partial charge < -0.3 is 5.32 Å². The minimum absolute atomic E-state index is 0.0344. The molecular formula is C23H25N3O2S. The Morgan fingerprint density at radius 2 is 1.90 bits per heavy atom. The van der Waals surface area contributed by atoms with Gasteiger partial charge in [0.1, 0.15) is 5.82 Å². The molecule has 0 aliphatic carbocycles. The van der Waals surface area contributed by atoms with Crippen LogP contribution in [-0.2, 0) is 33.5 Å². The Kier molecular flexibility index (Phi) is 5.62. The lowest BCUT2D eigenvalue weighted by atomic mass is 10.1. The maximum atomic E-state index is 12.7. The summed E-state index contributed by atoms with van der Waals surface area (Å²) in [6, 6.07) is 16.2. The van der Waals surface area contributed by atoms with Crippen molar-refractivity contribution in [3.05, 3.63) is 76.5 Å². The maximum absolute atomic E-state index is 12.7. The van der Waals surface area contributed by atoms with Crippen LogP contribution in [-0.4, -0.2) is 19.9 Å². The number of benzene rings is 2. The number of hydrogen-bond donors (Lipinski definition) is 1. The molecule has 2 aromatic carbocycles. The second kappa shape index (κ2) is 8.33. The summed E-state index contributed by atoms with van der Waals surface area (Å²) in [4.78, 5) is 12.7. The molecule has 1 aliphatic rings. The Morgan fingerprint density at radius 3 is 2.69 bits per heavy atom. The second-order valence-electron chi connectivity index (χ2n) is 7.52. The molecule has 1 aliphatic heterocycles. The van der Waals surface area contributed by atoms with E-state index in [0.717, 1.165) is 35.3 Å². The van der Waals surface area contributed by atoms with Gasteiger partial charge in [-0.1, -0.05) is 42.5 Å². The summed E-state index contributed by atoms with van der Waals surface area (Å²) in [5.41, 5.74) is 6.20. The van der Waals surface area contributed by atoms with E-state index in [0.29, 0.717) is 23.7 Å². The van der Waals surface area contributed by atoms with Gasteiger partial charge in [0, 0.05) is 22.8 Å². The van der Waals surface area contributed by atoms with E-state index in [9.17, 15) is 9.00 Å². The highest BCUT2D eigenvalue weighted by Gasteiger charge is 2.28. The number of anilines is 1. The van der Waals surface area contributed by atoms with Gasteiger partial charge in [0.25, 0.3) is 0 Å².